The normalized spacial score (nSPS) is 28.6. The Hall–Kier alpha value is -1.39. The topological polar surface area (TPSA) is 61.4 Å². The molecular formula is C15H20N2O2. The van der Waals surface area contributed by atoms with Crippen molar-refractivity contribution in [2.75, 3.05) is 0 Å². The lowest BCUT2D eigenvalue weighted by Crippen LogP contribution is -2.37. The maximum Gasteiger partial charge on any atom is 0.225 e. The lowest BCUT2D eigenvalue weighted by Gasteiger charge is -2.19. The fraction of sp³-hybridized carbons (Fsp3) is 0.533. The number of rotatable bonds is 4. The van der Waals surface area contributed by atoms with Crippen LogP contribution in [0.5, 0.6) is 0 Å². The number of nitrogens with one attached hydrogen (secondary N) is 2. The molecule has 2 aliphatic rings. The summed E-state index contributed by atoms with van der Waals surface area (Å²) in [5.41, 5.74) is 1.92. The van der Waals surface area contributed by atoms with Crippen LogP contribution in [0.4, 0.5) is 0 Å². The van der Waals surface area contributed by atoms with Gasteiger partial charge in [-0.2, -0.15) is 0 Å². The van der Waals surface area contributed by atoms with E-state index < -0.39 is 0 Å². The molecule has 4 nitrogen and oxygen atoms in total. The molecule has 2 saturated heterocycles. The van der Waals surface area contributed by atoms with Gasteiger partial charge in [0.05, 0.1) is 12.5 Å². The lowest BCUT2D eigenvalue weighted by molar-refractivity contribution is -0.125. The van der Waals surface area contributed by atoms with E-state index >= 15 is 0 Å². The molecule has 0 spiro atoms. The molecule has 3 rings (SSSR count). The zero-order chi connectivity index (χ0) is 13.2. The van der Waals surface area contributed by atoms with Gasteiger partial charge in [0.25, 0.3) is 0 Å². The minimum atomic E-state index is 0.0398. The van der Waals surface area contributed by atoms with E-state index in [4.69, 9.17) is 5.11 Å². The summed E-state index contributed by atoms with van der Waals surface area (Å²) in [5, 5.41) is 15.6. The monoisotopic (exact) mass is 260 g/mol. The van der Waals surface area contributed by atoms with Crippen molar-refractivity contribution in [3.63, 3.8) is 0 Å². The summed E-state index contributed by atoms with van der Waals surface area (Å²) >= 11 is 0. The molecule has 19 heavy (non-hydrogen) atoms. The molecule has 2 heterocycles. The second-order valence-electron chi connectivity index (χ2n) is 5.59. The summed E-state index contributed by atoms with van der Waals surface area (Å²) in [6.07, 6.45) is 3.32. The van der Waals surface area contributed by atoms with E-state index in [1.54, 1.807) is 0 Å². The van der Waals surface area contributed by atoms with Crippen molar-refractivity contribution in [2.24, 2.45) is 5.92 Å². The molecule has 0 radical (unpaired) electrons. The Kier molecular flexibility index (Phi) is 3.53. The average molecular weight is 260 g/mol. The number of carbonyl (C=O) groups is 1. The van der Waals surface area contributed by atoms with Crippen LogP contribution in [-0.4, -0.2) is 23.1 Å². The zero-order valence-electron chi connectivity index (χ0n) is 10.9. The van der Waals surface area contributed by atoms with Crippen molar-refractivity contribution in [1.82, 2.24) is 10.6 Å². The predicted molar refractivity (Wildman–Crippen MR) is 72.3 cm³/mol. The number of aliphatic hydroxyl groups excluding tert-OH is 1. The standard InChI is InChI=1S/C15H20N2O2/c18-9-11-3-1-2-10(6-11)8-16-15(19)13-7-12-4-5-14(13)17-12/h1-3,6,12-14,17-18H,4-5,7-9H2,(H,16,19). The lowest BCUT2D eigenvalue weighted by atomic mass is 9.88. The molecule has 0 aliphatic carbocycles. The van der Waals surface area contributed by atoms with Gasteiger partial charge in [-0.05, 0) is 30.4 Å². The summed E-state index contributed by atoms with van der Waals surface area (Å²) in [6.45, 7) is 0.582. The van der Waals surface area contributed by atoms with Crippen molar-refractivity contribution < 1.29 is 9.90 Å². The highest BCUT2D eigenvalue weighted by atomic mass is 16.3. The van der Waals surface area contributed by atoms with E-state index in [9.17, 15) is 4.79 Å². The molecule has 1 aromatic carbocycles. The predicted octanol–water partition coefficient (Wildman–Crippen LogP) is 0.936. The summed E-state index contributed by atoms with van der Waals surface area (Å²) in [4.78, 5) is 12.2. The fourth-order valence-electron chi connectivity index (χ4n) is 3.27. The third kappa shape index (κ3) is 2.65. The first-order valence-corrected chi connectivity index (χ1v) is 6.98. The first-order valence-electron chi connectivity index (χ1n) is 6.98. The number of aliphatic hydroxyl groups is 1. The molecule has 2 fully saturated rings. The van der Waals surface area contributed by atoms with Gasteiger partial charge in [0.15, 0.2) is 0 Å². The first kappa shape index (κ1) is 12.6. The Morgan fingerprint density at radius 3 is 2.89 bits per heavy atom. The van der Waals surface area contributed by atoms with Gasteiger partial charge in [-0.3, -0.25) is 4.79 Å². The van der Waals surface area contributed by atoms with Crippen molar-refractivity contribution in [3.05, 3.63) is 35.4 Å². The number of fused-ring (bicyclic) bond motifs is 2. The van der Waals surface area contributed by atoms with Crippen molar-refractivity contribution >= 4 is 5.91 Å². The van der Waals surface area contributed by atoms with Crippen LogP contribution in [0.25, 0.3) is 0 Å². The minimum absolute atomic E-state index is 0.0398. The minimum Gasteiger partial charge on any atom is -0.392 e. The molecule has 2 aliphatic heterocycles. The van der Waals surface area contributed by atoms with E-state index in [0.717, 1.165) is 24.0 Å². The van der Waals surface area contributed by atoms with Crippen LogP contribution >= 0.6 is 0 Å². The van der Waals surface area contributed by atoms with E-state index in [-0.39, 0.29) is 18.4 Å². The zero-order valence-corrected chi connectivity index (χ0v) is 10.9. The average Bonchev–Trinajstić information content (AvgIpc) is 3.07. The Bertz CT molecular complexity index is 475. The van der Waals surface area contributed by atoms with Gasteiger partial charge in [0.2, 0.25) is 5.91 Å². The highest BCUT2D eigenvalue weighted by Crippen LogP contribution is 2.33. The highest BCUT2D eigenvalue weighted by molar-refractivity contribution is 5.80. The van der Waals surface area contributed by atoms with Crippen LogP contribution in [-0.2, 0) is 17.9 Å². The number of benzene rings is 1. The van der Waals surface area contributed by atoms with Crippen LogP contribution in [0, 0.1) is 5.92 Å². The van der Waals surface area contributed by atoms with Crippen LogP contribution in [0.2, 0.25) is 0 Å². The van der Waals surface area contributed by atoms with Crippen molar-refractivity contribution in [3.8, 4) is 0 Å². The van der Waals surface area contributed by atoms with Gasteiger partial charge in [0.1, 0.15) is 0 Å². The Balaban J connectivity index is 1.55. The maximum atomic E-state index is 12.2. The van der Waals surface area contributed by atoms with Gasteiger partial charge < -0.3 is 15.7 Å². The number of carbonyl (C=O) groups excluding carboxylic acids is 1. The van der Waals surface area contributed by atoms with Gasteiger partial charge in [0, 0.05) is 18.6 Å². The Morgan fingerprint density at radius 1 is 1.37 bits per heavy atom. The molecule has 3 N–H and O–H groups in total. The molecule has 102 valence electrons. The Morgan fingerprint density at radius 2 is 2.21 bits per heavy atom. The van der Waals surface area contributed by atoms with Gasteiger partial charge in [-0.25, -0.2) is 0 Å². The number of hydrogen-bond donors (Lipinski definition) is 3. The van der Waals surface area contributed by atoms with E-state index in [1.807, 2.05) is 24.3 Å². The summed E-state index contributed by atoms with van der Waals surface area (Å²) in [6, 6.07) is 8.63. The molecule has 4 heteroatoms. The largest absolute Gasteiger partial charge is 0.392 e. The second kappa shape index (κ2) is 5.31. The first-order chi connectivity index (χ1) is 9.26. The molecule has 0 aromatic heterocycles. The molecule has 1 amide bonds. The van der Waals surface area contributed by atoms with Crippen LogP contribution < -0.4 is 10.6 Å². The van der Waals surface area contributed by atoms with Gasteiger partial charge in [-0.15, -0.1) is 0 Å². The second-order valence-corrected chi connectivity index (χ2v) is 5.59. The molecule has 1 aromatic rings. The molecule has 2 bridgehead atoms. The highest BCUT2D eigenvalue weighted by Gasteiger charge is 2.42. The third-order valence-corrected chi connectivity index (χ3v) is 4.28. The summed E-state index contributed by atoms with van der Waals surface area (Å²) < 4.78 is 0. The molecular weight excluding hydrogens is 240 g/mol. The molecule has 3 unspecified atom stereocenters. The summed E-state index contributed by atoms with van der Waals surface area (Å²) in [7, 11) is 0. The number of amides is 1. The Labute approximate surface area is 113 Å². The van der Waals surface area contributed by atoms with Crippen LogP contribution in [0.3, 0.4) is 0 Å². The van der Waals surface area contributed by atoms with Crippen molar-refractivity contribution in [1.29, 1.82) is 0 Å². The van der Waals surface area contributed by atoms with Crippen LogP contribution in [0.1, 0.15) is 30.4 Å². The number of hydrogen-bond acceptors (Lipinski definition) is 3. The van der Waals surface area contributed by atoms with Crippen LogP contribution in [0.15, 0.2) is 24.3 Å². The smallest absolute Gasteiger partial charge is 0.225 e. The fourth-order valence-corrected chi connectivity index (χ4v) is 3.27. The van der Waals surface area contributed by atoms with Gasteiger partial charge in [-0.1, -0.05) is 24.3 Å². The maximum absolute atomic E-state index is 12.2. The third-order valence-electron chi connectivity index (χ3n) is 4.28. The van der Waals surface area contributed by atoms with Crippen molar-refractivity contribution in [2.45, 2.75) is 44.5 Å². The molecule has 0 saturated carbocycles. The molecule has 3 atom stereocenters. The summed E-state index contributed by atoms with van der Waals surface area (Å²) in [5.74, 6) is 0.300. The van der Waals surface area contributed by atoms with Gasteiger partial charge >= 0.3 is 0 Å². The van der Waals surface area contributed by atoms with E-state index in [0.29, 0.717) is 18.6 Å². The SMILES string of the molecule is O=C(NCc1cccc(CO)c1)C1CC2CCC1N2. The van der Waals surface area contributed by atoms with E-state index in [1.165, 1.54) is 6.42 Å². The van der Waals surface area contributed by atoms with E-state index in [2.05, 4.69) is 10.6 Å². The quantitative estimate of drug-likeness (QED) is 0.755.